The standard InChI is InChI=1S/C23H24ClNO4S2/c1-14-6-7-17(10-15(14)2)28-8-5-9-29-21-18(24)11-16(12-19(21)27-4)13-20-22(26)25(3)23(30)31-20/h6-7,10-13H,5,8-9H2,1-4H3. The van der Waals surface area contributed by atoms with E-state index in [1.807, 2.05) is 18.2 Å². The van der Waals surface area contributed by atoms with Gasteiger partial charge in [0, 0.05) is 13.5 Å². The van der Waals surface area contributed by atoms with E-state index in [1.54, 1.807) is 32.4 Å². The molecule has 2 aromatic carbocycles. The van der Waals surface area contributed by atoms with Crippen LogP contribution in [-0.4, -0.2) is 42.5 Å². The van der Waals surface area contributed by atoms with E-state index in [1.165, 1.54) is 27.8 Å². The van der Waals surface area contributed by atoms with Crippen molar-refractivity contribution >= 4 is 51.9 Å². The van der Waals surface area contributed by atoms with Crippen LogP contribution in [0.3, 0.4) is 0 Å². The highest BCUT2D eigenvalue weighted by atomic mass is 35.5. The maximum absolute atomic E-state index is 12.2. The van der Waals surface area contributed by atoms with Crippen molar-refractivity contribution in [3.8, 4) is 17.2 Å². The molecule has 2 aromatic rings. The Balaban J connectivity index is 1.61. The number of benzene rings is 2. The molecule has 0 atom stereocenters. The van der Waals surface area contributed by atoms with Crippen LogP contribution in [0.4, 0.5) is 0 Å². The van der Waals surface area contributed by atoms with Crippen molar-refractivity contribution in [3.63, 3.8) is 0 Å². The van der Waals surface area contributed by atoms with E-state index in [9.17, 15) is 4.79 Å². The number of hydrogen-bond acceptors (Lipinski definition) is 6. The van der Waals surface area contributed by atoms with Gasteiger partial charge in [-0.1, -0.05) is 41.6 Å². The van der Waals surface area contributed by atoms with Crippen molar-refractivity contribution < 1.29 is 19.0 Å². The molecule has 1 heterocycles. The molecule has 3 rings (SSSR count). The van der Waals surface area contributed by atoms with E-state index in [4.69, 9.17) is 38.0 Å². The van der Waals surface area contributed by atoms with Gasteiger partial charge < -0.3 is 14.2 Å². The first-order chi connectivity index (χ1) is 14.8. The third-order valence-corrected chi connectivity index (χ3v) is 6.58. The molecule has 8 heteroatoms. The summed E-state index contributed by atoms with van der Waals surface area (Å²) >= 11 is 12.9. The van der Waals surface area contributed by atoms with Crippen molar-refractivity contribution in [1.29, 1.82) is 0 Å². The lowest BCUT2D eigenvalue weighted by Gasteiger charge is -2.14. The van der Waals surface area contributed by atoms with Crippen LogP contribution in [0.1, 0.15) is 23.1 Å². The third kappa shape index (κ3) is 5.73. The number of aryl methyl sites for hydroxylation is 2. The Morgan fingerprint density at radius 1 is 1.13 bits per heavy atom. The number of methoxy groups -OCH3 is 1. The Hall–Kier alpha value is -2.22. The molecule has 1 aliphatic heterocycles. The van der Waals surface area contributed by atoms with E-state index in [-0.39, 0.29) is 5.91 Å². The quantitative estimate of drug-likeness (QED) is 0.278. The van der Waals surface area contributed by atoms with Crippen molar-refractivity contribution in [1.82, 2.24) is 4.90 Å². The number of thiocarbonyl (C=S) groups is 1. The number of thioether (sulfide) groups is 1. The van der Waals surface area contributed by atoms with Crippen LogP contribution in [0.25, 0.3) is 6.08 Å². The minimum Gasteiger partial charge on any atom is -0.493 e. The Kier molecular flexibility index (Phi) is 7.86. The minimum atomic E-state index is -0.130. The van der Waals surface area contributed by atoms with Gasteiger partial charge in [-0.2, -0.15) is 0 Å². The average Bonchev–Trinajstić information content (AvgIpc) is 2.97. The monoisotopic (exact) mass is 477 g/mol. The first-order valence-corrected chi connectivity index (χ1v) is 11.3. The largest absolute Gasteiger partial charge is 0.493 e. The Morgan fingerprint density at radius 2 is 1.87 bits per heavy atom. The number of amides is 1. The summed E-state index contributed by atoms with van der Waals surface area (Å²) in [7, 11) is 3.21. The van der Waals surface area contributed by atoms with Crippen LogP contribution in [0.5, 0.6) is 17.2 Å². The number of nitrogens with zero attached hydrogens (tertiary/aromatic N) is 1. The molecule has 31 heavy (non-hydrogen) atoms. The van der Waals surface area contributed by atoms with Crippen LogP contribution < -0.4 is 14.2 Å². The number of carbonyl (C=O) groups is 1. The fraction of sp³-hybridized carbons (Fsp3) is 0.304. The fourth-order valence-electron chi connectivity index (χ4n) is 2.89. The highest BCUT2D eigenvalue weighted by Gasteiger charge is 2.28. The van der Waals surface area contributed by atoms with E-state index in [2.05, 4.69) is 13.8 Å². The topological polar surface area (TPSA) is 48.0 Å². The molecule has 1 saturated heterocycles. The number of ether oxygens (including phenoxy) is 3. The number of rotatable bonds is 8. The predicted molar refractivity (Wildman–Crippen MR) is 130 cm³/mol. The summed E-state index contributed by atoms with van der Waals surface area (Å²) in [4.78, 5) is 14.2. The number of likely N-dealkylation sites (N-methyl/N-ethyl adjacent to an activating group) is 1. The number of halogens is 1. The van der Waals surface area contributed by atoms with Gasteiger partial charge >= 0.3 is 0 Å². The molecule has 0 saturated carbocycles. The zero-order valence-electron chi connectivity index (χ0n) is 17.9. The van der Waals surface area contributed by atoms with Gasteiger partial charge in [-0.15, -0.1) is 0 Å². The second kappa shape index (κ2) is 10.4. The van der Waals surface area contributed by atoms with Gasteiger partial charge in [-0.3, -0.25) is 9.69 Å². The van der Waals surface area contributed by atoms with Crippen LogP contribution >= 0.6 is 35.6 Å². The Bertz CT molecular complexity index is 1040. The Morgan fingerprint density at radius 3 is 2.52 bits per heavy atom. The average molecular weight is 478 g/mol. The van der Waals surface area contributed by atoms with Crippen LogP contribution in [0.2, 0.25) is 5.02 Å². The molecular formula is C23H24ClNO4S2. The van der Waals surface area contributed by atoms with Crippen molar-refractivity contribution in [3.05, 3.63) is 56.9 Å². The van der Waals surface area contributed by atoms with Crippen LogP contribution in [0.15, 0.2) is 35.2 Å². The van der Waals surface area contributed by atoms with Gasteiger partial charge in [0.2, 0.25) is 0 Å². The molecule has 1 aliphatic rings. The van der Waals surface area contributed by atoms with E-state index < -0.39 is 0 Å². The maximum atomic E-state index is 12.2. The number of carbonyl (C=O) groups excluding carboxylic acids is 1. The third-order valence-electron chi connectivity index (χ3n) is 4.82. The van der Waals surface area contributed by atoms with Gasteiger partial charge in [-0.05, 0) is 60.9 Å². The molecule has 0 aliphatic carbocycles. The SMILES string of the molecule is COc1cc(C=C2SC(=S)N(C)C2=O)cc(Cl)c1OCCCOc1ccc(C)c(C)c1. The molecule has 164 valence electrons. The van der Waals surface area contributed by atoms with Gasteiger partial charge in [0.1, 0.15) is 10.1 Å². The highest BCUT2D eigenvalue weighted by molar-refractivity contribution is 8.26. The molecular weight excluding hydrogens is 454 g/mol. The Labute approximate surface area is 197 Å². The lowest BCUT2D eigenvalue weighted by atomic mass is 10.1. The lowest BCUT2D eigenvalue weighted by Crippen LogP contribution is -2.22. The van der Waals surface area contributed by atoms with Crippen molar-refractivity contribution in [2.45, 2.75) is 20.3 Å². The molecule has 0 unspecified atom stereocenters. The smallest absolute Gasteiger partial charge is 0.265 e. The zero-order chi connectivity index (χ0) is 22.5. The van der Waals surface area contributed by atoms with Crippen LogP contribution in [-0.2, 0) is 4.79 Å². The molecule has 0 radical (unpaired) electrons. The normalized spacial score (nSPS) is 15.0. The number of hydrogen-bond donors (Lipinski definition) is 0. The summed E-state index contributed by atoms with van der Waals surface area (Å²) in [6.07, 6.45) is 2.44. The molecule has 0 N–H and O–H groups in total. The highest BCUT2D eigenvalue weighted by Crippen LogP contribution is 2.38. The van der Waals surface area contributed by atoms with Gasteiger partial charge in [-0.25, -0.2) is 0 Å². The minimum absolute atomic E-state index is 0.130. The summed E-state index contributed by atoms with van der Waals surface area (Å²) < 4.78 is 17.6. The van der Waals surface area contributed by atoms with E-state index >= 15 is 0 Å². The van der Waals surface area contributed by atoms with Crippen LogP contribution in [0, 0.1) is 13.8 Å². The molecule has 1 amide bonds. The first-order valence-electron chi connectivity index (χ1n) is 9.72. The molecule has 0 spiro atoms. The second-order valence-electron chi connectivity index (χ2n) is 7.07. The van der Waals surface area contributed by atoms with E-state index in [0.717, 1.165) is 11.3 Å². The predicted octanol–water partition coefficient (Wildman–Crippen LogP) is 5.64. The van der Waals surface area contributed by atoms with Gasteiger partial charge in [0.25, 0.3) is 5.91 Å². The molecule has 5 nitrogen and oxygen atoms in total. The van der Waals surface area contributed by atoms with Gasteiger partial charge in [0.05, 0.1) is 30.3 Å². The summed E-state index contributed by atoms with van der Waals surface area (Å²) in [5.41, 5.74) is 3.18. The summed E-state index contributed by atoms with van der Waals surface area (Å²) in [5, 5.41) is 0.410. The fourth-order valence-corrected chi connectivity index (χ4v) is 4.34. The first kappa shape index (κ1) is 23.4. The lowest BCUT2D eigenvalue weighted by molar-refractivity contribution is -0.121. The van der Waals surface area contributed by atoms with Gasteiger partial charge in [0.15, 0.2) is 11.5 Å². The van der Waals surface area contributed by atoms with E-state index in [0.29, 0.717) is 45.4 Å². The maximum Gasteiger partial charge on any atom is 0.265 e. The molecule has 0 bridgehead atoms. The second-order valence-corrected chi connectivity index (χ2v) is 9.15. The zero-order valence-corrected chi connectivity index (χ0v) is 20.2. The molecule has 1 fully saturated rings. The summed E-state index contributed by atoms with van der Waals surface area (Å²) in [6.45, 7) is 5.09. The van der Waals surface area contributed by atoms with Crippen molar-refractivity contribution in [2.24, 2.45) is 0 Å². The summed E-state index contributed by atoms with van der Waals surface area (Å²) in [6, 6.07) is 9.57. The van der Waals surface area contributed by atoms with Crippen molar-refractivity contribution in [2.75, 3.05) is 27.4 Å². The molecule has 0 aromatic heterocycles. The summed E-state index contributed by atoms with van der Waals surface area (Å²) in [5.74, 6) is 1.69.